The van der Waals surface area contributed by atoms with Crippen molar-refractivity contribution in [2.24, 2.45) is 0 Å². The van der Waals surface area contributed by atoms with E-state index in [1.165, 1.54) is 0 Å². The van der Waals surface area contributed by atoms with E-state index in [9.17, 15) is 14.7 Å². The average Bonchev–Trinajstić information content (AvgIpc) is 2.36. The molecule has 0 aliphatic carbocycles. The third-order valence-corrected chi connectivity index (χ3v) is 3.22. The molecular formula is C16H22N2O3. The average molecular weight is 290 g/mol. The summed E-state index contributed by atoms with van der Waals surface area (Å²) >= 11 is 0. The summed E-state index contributed by atoms with van der Waals surface area (Å²) in [6, 6.07) is 1.73. The highest BCUT2D eigenvalue weighted by Crippen LogP contribution is 2.15. The Morgan fingerprint density at radius 1 is 1.38 bits per heavy atom. The van der Waals surface area contributed by atoms with E-state index in [-0.39, 0.29) is 12.1 Å². The Morgan fingerprint density at radius 3 is 2.43 bits per heavy atom. The maximum absolute atomic E-state index is 12.2. The molecule has 0 bridgehead atoms. The number of pyridine rings is 1. The topological polar surface area (TPSA) is 82.2 Å². The lowest BCUT2D eigenvalue weighted by atomic mass is 9.95. The van der Waals surface area contributed by atoms with Crippen LogP contribution in [0, 0.1) is 13.8 Å². The molecule has 0 aromatic carbocycles. The minimum absolute atomic E-state index is 0.0244. The predicted octanol–water partition coefficient (Wildman–Crippen LogP) is 1.60. The molecule has 0 fully saturated rings. The first-order valence-electron chi connectivity index (χ1n) is 6.76. The molecule has 0 atom stereocenters. The Morgan fingerprint density at radius 2 is 1.95 bits per heavy atom. The maximum atomic E-state index is 12.2. The van der Waals surface area contributed by atoms with Crippen LogP contribution in [0.15, 0.2) is 36.2 Å². The van der Waals surface area contributed by atoms with Gasteiger partial charge in [0.05, 0.1) is 5.60 Å². The number of carbonyl (C=O) groups is 1. The second kappa shape index (κ2) is 7.04. The molecule has 1 aromatic heterocycles. The van der Waals surface area contributed by atoms with Crippen molar-refractivity contribution in [3.63, 3.8) is 0 Å². The number of amides is 1. The van der Waals surface area contributed by atoms with Crippen LogP contribution in [0.2, 0.25) is 0 Å². The van der Waals surface area contributed by atoms with Gasteiger partial charge in [0.2, 0.25) is 0 Å². The van der Waals surface area contributed by atoms with E-state index in [4.69, 9.17) is 0 Å². The monoisotopic (exact) mass is 290 g/mol. The molecule has 1 aromatic rings. The van der Waals surface area contributed by atoms with Crippen LogP contribution < -0.4 is 10.9 Å². The number of aromatic amines is 1. The minimum atomic E-state index is -1.13. The van der Waals surface area contributed by atoms with Crippen molar-refractivity contribution in [1.82, 2.24) is 10.3 Å². The number of hydrogen-bond acceptors (Lipinski definition) is 3. The van der Waals surface area contributed by atoms with Crippen LogP contribution in [0.4, 0.5) is 0 Å². The summed E-state index contributed by atoms with van der Waals surface area (Å²) in [7, 11) is 0. The van der Waals surface area contributed by atoms with Gasteiger partial charge in [-0.15, -0.1) is 13.2 Å². The van der Waals surface area contributed by atoms with Crippen LogP contribution in [0.5, 0.6) is 0 Å². The molecule has 0 aliphatic rings. The van der Waals surface area contributed by atoms with Crippen molar-refractivity contribution in [3.05, 3.63) is 58.6 Å². The number of carbonyl (C=O) groups excluding carboxylic acids is 1. The lowest BCUT2D eigenvalue weighted by molar-refractivity contribution is 0.0437. The second-order valence-corrected chi connectivity index (χ2v) is 5.23. The Balaban J connectivity index is 2.89. The zero-order chi connectivity index (χ0) is 16.0. The fraction of sp³-hybridized carbons (Fsp3) is 0.375. The van der Waals surface area contributed by atoms with E-state index in [0.29, 0.717) is 24.1 Å². The quantitative estimate of drug-likeness (QED) is 0.667. The molecule has 0 saturated heterocycles. The Labute approximate surface area is 124 Å². The zero-order valence-electron chi connectivity index (χ0n) is 12.5. The second-order valence-electron chi connectivity index (χ2n) is 5.23. The van der Waals surface area contributed by atoms with Crippen molar-refractivity contribution in [1.29, 1.82) is 0 Å². The Kier molecular flexibility index (Phi) is 5.67. The molecule has 1 rings (SSSR count). The van der Waals surface area contributed by atoms with Crippen LogP contribution in [0.3, 0.4) is 0 Å². The van der Waals surface area contributed by atoms with Crippen molar-refractivity contribution < 1.29 is 9.90 Å². The van der Waals surface area contributed by atoms with E-state index in [0.717, 1.165) is 0 Å². The molecule has 0 saturated carbocycles. The van der Waals surface area contributed by atoms with Gasteiger partial charge in [-0.2, -0.15) is 0 Å². The molecule has 5 heteroatoms. The van der Waals surface area contributed by atoms with Gasteiger partial charge in [0.1, 0.15) is 5.56 Å². The molecule has 3 N–H and O–H groups in total. The van der Waals surface area contributed by atoms with Crippen molar-refractivity contribution in [2.45, 2.75) is 32.3 Å². The largest absolute Gasteiger partial charge is 0.387 e. The summed E-state index contributed by atoms with van der Waals surface area (Å²) in [5.41, 5.74) is -0.195. The number of aliphatic hydroxyl groups is 1. The molecule has 0 aliphatic heterocycles. The summed E-state index contributed by atoms with van der Waals surface area (Å²) in [5.74, 6) is -0.500. The van der Waals surface area contributed by atoms with Crippen LogP contribution in [-0.4, -0.2) is 28.1 Å². The first kappa shape index (κ1) is 16.9. The third-order valence-electron chi connectivity index (χ3n) is 3.22. The van der Waals surface area contributed by atoms with Crippen LogP contribution in [0.25, 0.3) is 0 Å². The normalized spacial score (nSPS) is 11.0. The van der Waals surface area contributed by atoms with Gasteiger partial charge in [-0.05, 0) is 38.3 Å². The molecule has 0 unspecified atom stereocenters. The highest BCUT2D eigenvalue weighted by molar-refractivity contribution is 5.95. The minimum Gasteiger partial charge on any atom is -0.387 e. The molecular weight excluding hydrogens is 268 g/mol. The highest BCUT2D eigenvalue weighted by Gasteiger charge is 2.25. The van der Waals surface area contributed by atoms with Crippen LogP contribution in [-0.2, 0) is 0 Å². The predicted molar refractivity (Wildman–Crippen MR) is 83.4 cm³/mol. The van der Waals surface area contributed by atoms with E-state index >= 15 is 0 Å². The number of hydrogen-bond donors (Lipinski definition) is 3. The molecule has 0 radical (unpaired) electrons. The fourth-order valence-electron chi connectivity index (χ4n) is 2.23. The van der Waals surface area contributed by atoms with E-state index in [1.54, 1.807) is 32.1 Å². The molecule has 1 heterocycles. The highest BCUT2D eigenvalue weighted by atomic mass is 16.3. The molecule has 1 amide bonds. The van der Waals surface area contributed by atoms with Gasteiger partial charge in [-0.1, -0.05) is 12.2 Å². The molecule has 5 nitrogen and oxygen atoms in total. The number of H-pyrrole nitrogens is 1. The van der Waals surface area contributed by atoms with Gasteiger partial charge in [0.25, 0.3) is 11.5 Å². The summed E-state index contributed by atoms with van der Waals surface area (Å²) < 4.78 is 0. The van der Waals surface area contributed by atoms with Crippen molar-refractivity contribution >= 4 is 5.91 Å². The van der Waals surface area contributed by atoms with Gasteiger partial charge in [0.15, 0.2) is 0 Å². The van der Waals surface area contributed by atoms with Gasteiger partial charge >= 0.3 is 0 Å². The van der Waals surface area contributed by atoms with Gasteiger partial charge in [-0.3, -0.25) is 9.59 Å². The van der Waals surface area contributed by atoms with Crippen molar-refractivity contribution in [2.75, 3.05) is 6.54 Å². The Hall–Kier alpha value is -2.14. The summed E-state index contributed by atoms with van der Waals surface area (Å²) in [4.78, 5) is 26.6. The van der Waals surface area contributed by atoms with Gasteiger partial charge < -0.3 is 15.4 Å². The van der Waals surface area contributed by atoms with Crippen molar-refractivity contribution in [3.8, 4) is 0 Å². The molecule has 21 heavy (non-hydrogen) atoms. The zero-order valence-corrected chi connectivity index (χ0v) is 12.5. The van der Waals surface area contributed by atoms with Gasteiger partial charge in [-0.25, -0.2) is 0 Å². The summed E-state index contributed by atoms with van der Waals surface area (Å²) in [6.45, 7) is 10.7. The first-order chi connectivity index (χ1) is 9.83. The standard InChI is InChI=1S/C16H22N2O3/c1-5-7-16(21,8-6-2)10-17-14(19)13-11(3)9-12(4)18-15(13)20/h5-6,9,21H,1-2,7-8,10H2,3-4H3,(H,17,19)(H,18,20). The maximum Gasteiger partial charge on any atom is 0.261 e. The number of aryl methyl sites for hydroxylation is 2. The summed E-state index contributed by atoms with van der Waals surface area (Å²) in [6.07, 6.45) is 3.81. The Bertz CT molecular complexity index is 592. The first-order valence-corrected chi connectivity index (χ1v) is 6.76. The number of nitrogens with one attached hydrogen (secondary N) is 2. The molecule has 114 valence electrons. The lowest BCUT2D eigenvalue weighted by Crippen LogP contribution is -2.43. The van der Waals surface area contributed by atoms with E-state index in [1.807, 2.05) is 0 Å². The van der Waals surface area contributed by atoms with Crippen LogP contribution >= 0.6 is 0 Å². The number of rotatable bonds is 7. The van der Waals surface area contributed by atoms with E-state index < -0.39 is 17.1 Å². The van der Waals surface area contributed by atoms with E-state index in [2.05, 4.69) is 23.5 Å². The fourth-order valence-corrected chi connectivity index (χ4v) is 2.23. The van der Waals surface area contributed by atoms with Gasteiger partial charge in [0, 0.05) is 12.2 Å². The smallest absolute Gasteiger partial charge is 0.261 e. The third kappa shape index (κ3) is 4.43. The molecule has 0 spiro atoms. The summed E-state index contributed by atoms with van der Waals surface area (Å²) in [5, 5.41) is 13.0. The SMILES string of the molecule is C=CCC(O)(CC=C)CNC(=O)c1c(C)cc(C)[nH]c1=O. The van der Waals surface area contributed by atoms with Crippen LogP contribution in [0.1, 0.15) is 34.5 Å². The lowest BCUT2D eigenvalue weighted by Gasteiger charge is -2.26. The number of aromatic nitrogens is 1.